The molecule has 27 heavy (non-hydrogen) atoms. The number of carbonyl (C=O) groups excluding carboxylic acids is 2. The molecule has 2 atom stereocenters. The number of para-hydroxylation sites is 1. The van der Waals surface area contributed by atoms with Crippen LogP contribution in [0.1, 0.15) is 22.0 Å². The SMILES string of the molecule is O=C(c1ccccc1)[C@H]1[C@H](c2ccc(F)cc2)N1C(=O)Nc1ccccc1. The number of hydrogen-bond donors (Lipinski definition) is 1. The molecule has 0 aromatic heterocycles. The van der Waals surface area contributed by atoms with Gasteiger partial charge in [0, 0.05) is 11.3 Å². The van der Waals surface area contributed by atoms with E-state index in [0.29, 0.717) is 11.3 Å². The third-order valence-corrected chi connectivity index (χ3v) is 4.61. The molecule has 3 aromatic rings. The van der Waals surface area contributed by atoms with Gasteiger partial charge >= 0.3 is 6.03 Å². The Labute approximate surface area is 156 Å². The van der Waals surface area contributed by atoms with Crippen LogP contribution in [0.15, 0.2) is 84.9 Å². The van der Waals surface area contributed by atoms with Gasteiger partial charge in [-0.05, 0) is 29.8 Å². The summed E-state index contributed by atoms with van der Waals surface area (Å²) < 4.78 is 13.3. The van der Waals surface area contributed by atoms with Crippen LogP contribution in [-0.4, -0.2) is 22.8 Å². The largest absolute Gasteiger partial charge is 0.323 e. The average Bonchev–Trinajstić information content (AvgIpc) is 3.45. The van der Waals surface area contributed by atoms with Crippen LogP contribution in [0.5, 0.6) is 0 Å². The molecule has 2 amide bonds. The molecule has 0 aliphatic carbocycles. The fraction of sp³-hybridized carbons (Fsp3) is 0.0909. The Morgan fingerprint density at radius 3 is 2.04 bits per heavy atom. The van der Waals surface area contributed by atoms with E-state index in [1.165, 1.54) is 17.0 Å². The first-order chi connectivity index (χ1) is 13.1. The fourth-order valence-corrected chi connectivity index (χ4v) is 3.24. The van der Waals surface area contributed by atoms with Crippen molar-refractivity contribution in [3.8, 4) is 0 Å². The number of halogens is 1. The molecule has 1 aliphatic rings. The molecule has 5 heteroatoms. The molecule has 3 aromatic carbocycles. The summed E-state index contributed by atoms with van der Waals surface area (Å²) in [5.41, 5.74) is 1.93. The predicted octanol–water partition coefficient (Wildman–Crippen LogP) is 4.67. The highest BCUT2D eigenvalue weighted by atomic mass is 19.1. The molecule has 0 spiro atoms. The maximum atomic E-state index is 13.3. The Morgan fingerprint density at radius 2 is 1.41 bits per heavy atom. The summed E-state index contributed by atoms with van der Waals surface area (Å²) in [6.45, 7) is 0. The van der Waals surface area contributed by atoms with Gasteiger partial charge in [0.15, 0.2) is 5.78 Å². The molecule has 1 saturated heterocycles. The third-order valence-electron chi connectivity index (χ3n) is 4.61. The van der Waals surface area contributed by atoms with Crippen molar-refractivity contribution in [2.75, 3.05) is 5.32 Å². The van der Waals surface area contributed by atoms with Crippen LogP contribution in [0.25, 0.3) is 0 Å². The summed E-state index contributed by atoms with van der Waals surface area (Å²) in [7, 11) is 0. The second kappa shape index (κ2) is 7.03. The molecule has 0 saturated carbocycles. The molecule has 4 nitrogen and oxygen atoms in total. The van der Waals surface area contributed by atoms with Crippen molar-refractivity contribution in [2.24, 2.45) is 0 Å². The van der Waals surface area contributed by atoms with Gasteiger partial charge < -0.3 is 10.2 Å². The predicted molar refractivity (Wildman–Crippen MR) is 101 cm³/mol. The zero-order valence-electron chi connectivity index (χ0n) is 14.4. The topological polar surface area (TPSA) is 49.2 Å². The molecular formula is C22H17FN2O2. The number of nitrogens with one attached hydrogen (secondary N) is 1. The van der Waals surface area contributed by atoms with Crippen molar-refractivity contribution in [3.05, 3.63) is 102 Å². The van der Waals surface area contributed by atoms with Crippen LogP contribution in [0.4, 0.5) is 14.9 Å². The van der Waals surface area contributed by atoms with E-state index in [1.807, 2.05) is 24.3 Å². The van der Waals surface area contributed by atoms with Gasteiger partial charge in [0.25, 0.3) is 0 Å². The first-order valence-corrected chi connectivity index (χ1v) is 8.64. The van der Waals surface area contributed by atoms with Crippen molar-refractivity contribution in [1.82, 2.24) is 4.90 Å². The van der Waals surface area contributed by atoms with Gasteiger partial charge in [-0.1, -0.05) is 60.7 Å². The highest BCUT2D eigenvalue weighted by Gasteiger charge is 2.56. The van der Waals surface area contributed by atoms with Gasteiger partial charge in [-0.25, -0.2) is 9.18 Å². The van der Waals surface area contributed by atoms with Gasteiger partial charge in [0.2, 0.25) is 0 Å². The van der Waals surface area contributed by atoms with E-state index < -0.39 is 12.1 Å². The molecule has 1 aliphatic heterocycles. The van der Waals surface area contributed by atoms with E-state index in [2.05, 4.69) is 5.32 Å². The normalized spacial score (nSPS) is 18.0. The van der Waals surface area contributed by atoms with Gasteiger partial charge in [-0.15, -0.1) is 0 Å². The zero-order valence-corrected chi connectivity index (χ0v) is 14.4. The lowest BCUT2D eigenvalue weighted by molar-refractivity contribution is 0.0976. The third kappa shape index (κ3) is 3.44. The first-order valence-electron chi connectivity index (χ1n) is 8.64. The van der Waals surface area contributed by atoms with Gasteiger partial charge in [0.1, 0.15) is 11.9 Å². The Morgan fingerprint density at radius 1 is 0.815 bits per heavy atom. The second-order valence-electron chi connectivity index (χ2n) is 6.37. The molecule has 4 rings (SSSR count). The van der Waals surface area contributed by atoms with E-state index in [9.17, 15) is 14.0 Å². The number of amides is 2. The van der Waals surface area contributed by atoms with Gasteiger partial charge in [-0.2, -0.15) is 0 Å². The number of benzene rings is 3. The number of urea groups is 1. The molecule has 0 unspecified atom stereocenters. The van der Waals surface area contributed by atoms with Crippen LogP contribution in [-0.2, 0) is 0 Å². The molecule has 1 fully saturated rings. The number of Topliss-reactive ketones (excluding diaryl/α,β-unsaturated/α-hetero) is 1. The van der Waals surface area contributed by atoms with Crippen molar-refractivity contribution in [2.45, 2.75) is 12.1 Å². The van der Waals surface area contributed by atoms with E-state index in [4.69, 9.17) is 0 Å². The highest BCUT2D eigenvalue weighted by Crippen LogP contribution is 2.45. The number of rotatable bonds is 4. The van der Waals surface area contributed by atoms with Crippen LogP contribution >= 0.6 is 0 Å². The minimum atomic E-state index is -0.610. The lowest BCUT2D eigenvalue weighted by Gasteiger charge is -2.07. The van der Waals surface area contributed by atoms with Crippen molar-refractivity contribution in [1.29, 1.82) is 0 Å². The van der Waals surface area contributed by atoms with Crippen molar-refractivity contribution in [3.63, 3.8) is 0 Å². The van der Waals surface area contributed by atoms with E-state index in [1.54, 1.807) is 48.5 Å². The number of nitrogens with zero attached hydrogens (tertiary/aromatic N) is 1. The number of hydrogen-bond acceptors (Lipinski definition) is 2. The van der Waals surface area contributed by atoms with Crippen LogP contribution in [0.3, 0.4) is 0 Å². The molecule has 1 N–H and O–H groups in total. The highest BCUT2D eigenvalue weighted by molar-refractivity contribution is 6.07. The first kappa shape index (κ1) is 17.0. The summed E-state index contributed by atoms with van der Waals surface area (Å²) >= 11 is 0. The molecule has 134 valence electrons. The molecule has 0 radical (unpaired) electrons. The smallest absolute Gasteiger partial charge is 0.308 e. The average molecular weight is 360 g/mol. The minimum absolute atomic E-state index is 0.131. The van der Waals surface area contributed by atoms with Crippen LogP contribution in [0, 0.1) is 5.82 Å². The summed E-state index contributed by atoms with van der Waals surface area (Å²) in [5.74, 6) is -0.487. The van der Waals surface area contributed by atoms with E-state index in [0.717, 1.165) is 5.56 Å². The van der Waals surface area contributed by atoms with Crippen molar-refractivity contribution < 1.29 is 14.0 Å². The summed E-state index contributed by atoms with van der Waals surface area (Å²) in [5, 5.41) is 2.81. The van der Waals surface area contributed by atoms with E-state index >= 15 is 0 Å². The lowest BCUT2D eigenvalue weighted by atomic mass is 10.0. The zero-order chi connectivity index (χ0) is 18.8. The number of carbonyl (C=O) groups is 2. The Balaban J connectivity index is 1.61. The Hall–Kier alpha value is -3.47. The van der Waals surface area contributed by atoms with Gasteiger partial charge in [0.05, 0.1) is 6.04 Å². The molecule has 0 bridgehead atoms. The quantitative estimate of drug-likeness (QED) is 0.543. The lowest BCUT2D eigenvalue weighted by Crippen LogP contribution is -2.24. The van der Waals surface area contributed by atoms with Crippen LogP contribution in [0.2, 0.25) is 0 Å². The molecular weight excluding hydrogens is 343 g/mol. The fourth-order valence-electron chi connectivity index (χ4n) is 3.24. The number of ketones is 1. The van der Waals surface area contributed by atoms with Crippen molar-refractivity contribution >= 4 is 17.5 Å². The van der Waals surface area contributed by atoms with Crippen LogP contribution < -0.4 is 5.32 Å². The Kier molecular flexibility index (Phi) is 4.42. The minimum Gasteiger partial charge on any atom is -0.308 e. The number of anilines is 1. The Bertz CT molecular complexity index is 959. The summed E-state index contributed by atoms with van der Waals surface area (Å²) in [6.07, 6.45) is 0. The second-order valence-corrected chi connectivity index (χ2v) is 6.37. The maximum Gasteiger partial charge on any atom is 0.323 e. The monoisotopic (exact) mass is 360 g/mol. The maximum absolute atomic E-state index is 13.3. The summed E-state index contributed by atoms with van der Waals surface area (Å²) in [4.78, 5) is 27.2. The van der Waals surface area contributed by atoms with E-state index in [-0.39, 0.29) is 17.6 Å². The summed E-state index contributed by atoms with van der Waals surface area (Å²) in [6, 6.07) is 22.5. The molecule has 1 heterocycles. The standard InChI is InChI=1S/C22H17FN2O2/c23-17-13-11-15(12-14-17)19-20(21(26)16-7-3-1-4-8-16)25(19)22(27)24-18-9-5-2-6-10-18/h1-14,19-20H,(H,24,27)/t19-,20+,25?/m0/s1. The van der Waals surface area contributed by atoms with Gasteiger partial charge in [-0.3, -0.25) is 4.79 Å².